The number of hydrogen-bond acceptors (Lipinski definition) is 5. The summed E-state index contributed by atoms with van der Waals surface area (Å²) in [6.45, 7) is 1.37. The molecule has 120 valence electrons. The monoisotopic (exact) mass is 298 g/mol. The van der Waals surface area contributed by atoms with Crippen LogP contribution >= 0.6 is 0 Å². The summed E-state index contributed by atoms with van der Waals surface area (Å²) in [6, 6.07) is 0. The molecule has 0 heterocycles. The van der Waals surface area contributed by atoms with Crippen LogP contribution in [-0.4, -0.2) is 42.6 Å². The standard InChI is InChI=1S/C16H26O5/c17-9-1-2-10-20-11-3-4-16(19)21-13-15-7-5-14(12-18)6-8-15/h4,11,14-15,17-18H,1-2,5-10,12-13H2. The van der Waals surface area contributed by atoms with Crippen molar-refractivity contribution < 1.29 is 24.5 Å². The van der Waals surface area contributed by atoms with E-state index in [0.717, 1.165) is 32.1 Å². The Balaban J connectivity index is 2.09. The highest BCUT2D eigenvalue weighted by Gasteiger charge is 2.21. The van der Waals surface area contributed by atoms with Crippen molar-refractivity contribution in [3.05, 3.63) is 18.1 Å². The first kappa shape index (κ1) is 17.8. The molecule has 0 aliphatic heterocycles. The van der Waals surface area contributed by atoms with Crippen LogP contribution in [0.1, 0.15) is 38.5 Å². The topological polar surface area (TPSA) is 76.0 Å². The molecular weight excluding hydrogens is 272 g/mol. The Kier molecular flexibility index (Phi) is 9.62. The number of esters is 1. The van der Waals surface area contributed by atoms with E-state index in [0.29, 0.717) is 31.5 Å². The number of aliphatic hydroxyl groups excluding tert-OH is 2. The lowest BCUT2D eigenvalue weighted by Crippen LogP contribution is -2.21. The number of ether oxygens (including phenoxy) is 2. The SMILES string of the molecule is O=C(C=C=COCCCCO)OCC1CCC(CO)CC1. The van der Waals surface area contributed by atoms with Crippen molar-refractivity contribution in [1.29, 1.82) is 0 Å². The fourth-order valence-electron chi connectivity index (χ4n) is 2.33. The second kappa shape index (κ2) is 11.4. The Bertz CT molecular complexity index is 339. The van der Waals surface area contributed by atoms with Gasteiger partial charge in [-0.15, -0.1) is 0 Å². The van der Waals surface area contributed by atoms with Gasteiger partial charge in [0.2, 0.25) is 0 Å². The number of hydrogen-bond donors (Lipinski definition) is 2. The lowest BCUT2D eigenvalue weighted by molar-refractivity contribution is -0.139. The first-order valence-corrected chi connectivity index (χ1v) is 7.67. The van der Waals surface area contributed by atoms with Crippen molar-refractivity contribution in [1.82, 2.24) is 0 Å². The van der Waals surface area contributed by atoms with Crippen LogP contribution in [-0.2, 0) is 14.3 Å². The van der Waals surface area contributed by atoms with Gasteiger partial charge in [0.15, 0.2) is 0 Å². The Morgan fingerprint density at radius 3 is 2.52 bits per heavy atom. The van der Waals surface area contributed by atoms with Crippen LogP contribution in [0, 0.1) is 11.8 Å². The minimum absolute atomic E-state index is 0.162. The third-order valence-corrected chi connectivity index (χ3v) is 3.71. The van der Waals surface area contributed by atoms with E-state index in [1.54, 1.807) is 0 Å². The predicted molar refractivity (Wildman–Crippen MR) is 78.4 cm³/mol. The van der Waals surface area contributed by atoms with Crippen molar-refractivity contribution in [2.24, 2.45) is 11.8 Å². The molecule has 1 fully saturated rings. The van der Waals surface area contributed by atoms with Crippen LogP contribution in [0.4, 0.5) is 0 Å². The minimum Gasteiger partial charge on any atom is -0.493 e. The van der Waals surface area contributed by atoms with E-state index in [1.807, 2.05) is 0 Å². The highest BCUT2D eigenvalue weighted by Crippen LogP contribution is 2.28. The molecule has 0 amide bonds. The maximum atomic E-state index is 11.5. The summed E-state index contributed by atoms with van der Waals surface area (Å²) in [7, 11) is 0. The summed E-state index contributed by atoms with van der Waals surface area (Å²) >= 11 is 0. The van der Waals surface area contributed by atoms with E-state index in [-0.39, 0.29) is 13.2 Å². The van der Waals surface area contributed by atoms with Gasteiger partial charge in [-0.25, -0.2) is 4.79 Å². The summed E-state index contributed by atoms with van der Waals surface area (Å²) in [6.07, 6.45) is 8.08. The molecule has 0 bridgehead atoms. The van der Waals surface area contributed by atoms with E-state index < -0.39 is 5.97 Å². The Morgan fingerprint density at radius 2 is 1.86 bits per heavy atom. The molecule has 0 radical (unpaired) electrons. The van der Waals surface area contributed by atoms with Crippen LogP contribution in [0.5, 0.6) is 0 Å². The molecule has 0 unspecified atom stereocenters. The lowest BCUT2D eigenvalue weighted by atomic mass is 9.83. The van der Waals surface area contributed by atoms with Crippen LogP contribution < -0.4 is 0 Å². The summed E-state index contributed by atoms with van der Waals surface area (Å²) in [4.78, 5) is 11.5. The molecule has 0 saturated heterocycles. The van der Waals surface area contributed by atoms with E-state index in [9.17, 15) is 4.79 Å². The van der Waals surface area contributed by atoms with Crippen molar-refractivity contribution >= 4 is 5.97 Å². The zero-order valence-electron chi connectivity index (χ0n) is 12.5. The van der Waals surface area contributed by atoms with Gasteiger partial charge in [0.1, 0.15) is 6.26 Å². The van der Waals surface area contributed by atoms with E-state index in [2.05, 4.69) is 5.73 Å². The smallest absolute Gasteiger partial charge is 0.338 e. The first-order chi connectivity index (χ1) is 10.3. The molecule has 0 atom stereocenters. The number of carbonyl (C=O) groups excluding carboxylic acids is 1. The maximum absolute atomic E-state index is 11.5. The largest absolute Gasteiger partial charge is 0.493 e. The third-order valence-electron chi connectivity index (χ3n) is 3.71. The molecule has 5 heteroatoms. The molecule has 1 rings (SSSR count). The Labute approximate surface area is 126 Å². The fraction of sp³-hybridized carbons (Fsp3) is 0.750. The molecule has 0 aromatic heterocycles. The molecule has 5 nitrogen and oxygen atoms in total. The molecule has 1 aliphatic carbocycles. The predicted octanol–water partition coefficient (Wildman–Crippen LogP) is 1.79. The normalized spacial score (nSPS) is 21.2. The van der Waals surface area contributed by atoms with Crippen LogP contribution in [0.3, 0.4) is 0 Å². The van der Waals surface area contributed by atoms with Gasteiger partial charge in [0, 0.05) is 13.2 Å². The van der Waals surface area contributed by atoms with Crippen molar-refractivity contribution in [2.75, 3.05) is 26.4 Å². The fourth-order valence-corrected chi connectivity index (χ4v) is 2.33. The lowest BCUT2D eigenvalue weighted by Gasteiger charge is -2.26. The molecule has 0 aromatic rings. The summed E-state index contributed by atoms with van der Waals surface area (Å²) in [5.41, 5.74) is 2.62. The number of rotatable bonds is 9. The number of carbonyl (C=O) groups is 1. The molecular formula is C16H26O5. The average molecular weight is 298 g/mol. The van der Waals surface area contributed by atoms with Gasteiger partial charge in [0.05, 0.1) is 19.3 Å². The first-order valence-electron chi connectivity index (χ1n) is 7.67. The Hall–Kier alpha value is -1.29. The van der Waals surface area contributed by atoms with Gasteiger partial charge in [-0.3, -0.25) is 0 Å². The highest BCUT2D eigenvalue weighted by molar-refractivity contribution is 5.81. The van der Waals surface area contributed by atoms with Gasteiger partial charge in [-0.05, 0) is 50.4 Å². The van der Waals surface area contributed by atoms with E-state index in [4.69, 9.17) is 19.7 Å². The summed E-state index contributed by atoms with van der Waals surface area (Å²) in [5, 5.41) is 17.6. The van der Waals surface area contributed by atoms with Crippen molar-refractivity contribution in [3.63, 3.8) is 0 Å². The second-order valence-electron chi connectivity index (χ2n) is 5.43. The second-order valence-corrected chi connectivity index (χ2v) is 5.43. The average Bonchev–Trinajstić information content (AvgIpc) is 2.52. The van der Waals surface area contributed by atoms with Gasteiger partial charge in [0.25, 0.3) is 0 Å². The molecule has 0 aromatic carbocycles. The van der Waals surface area contributed by atoms with E-state index in [1.165, 1.54) is 12.3 Å². The molecule has 1 saturated carbocycles. The third kappa shape index (κ3) is 8.56. The summed E-state index contributed by atoms with van der Waals surface area (Å²) < 4.78 is 10.3. The van der Waals surface area contributed by atoms with Crippen LogP contribution in [0.15, 0.2) is 18.1 Å². The van der Waals surface area contributed by atoms with Crippen LogP contribution in [0.25, 0.3) is 0 Å². The number of unbranched alkanes of at least 4 members (excludes halogenated alkanes) is 1. The zero-order chi connectivity index (χ0) is 15.3. The van der Waals surface area contributed by atoms with Gasteiger partial charge < -0.3 is 19.7 Å². The van der Waals surface area contributed by atoms with Crippen molar-refractivity contribution in [3.8, 4) is 0 Å². The van der Waals surface area contributed by atoms with Crippen molar-refractivity contribution in [2.45, 2.75) is 38.5 Å². The zero-order valence-corrected chi connectivity index (χ0v) is 12.5. The van der Waals surface area contributed by atoms with Gasteiger partial charge in [-0.1, -0.05) is 5.73 Å². The number of aliphatic hydroxyl groups is 2. The van der Waals surface area contributed by atoms with E-state index >= 15 is 0 Å². The van der Waals surface area contributed by atoms with Gasteiger partial charge >= 0.3 is 5.97 Å². The quantitative estimate of drug-likeness (QED) is 0.223. The maximum Gasteiger partial charge on any atom is 0.338 e. The molecule has 21 heavy (non-hydrogen) atoms. The van der Waals surface area contributed by atoms with Gasteiger partial charge in [-0.2, -0.15) is 0 Å². The molecule has 1 aliphatic rings. The molecule has 0 spiro atoms. The minimum atomic E-state index is -0.408. The Morgan fingerprint density at radius 1 is 1.14 bits per heavy atom. The highest BCUT2D eigenvalue weighted by atomic mass is 16.5. The summed E-state index contributed by atoms with van der Waals surface area (Å²) in [5.74, 6) is 0.418. The molecule has 2 N–H and O–H groups in total. The van der Waals surface area contributed by atoms with Crippen LogP contribution in [0.2, 0.25) is 0 Å².